The topological polar surface area (TPSA) is 96.4 Å². The lowest BCUT2D eigenvalue weighted by Gasteiger charge is -2.10. The first kappa shape index (κ1) is 12.9. The first-order valence-corrected chi connectivity index (χ1v) is 6.06. The molecule has 0 aliphatic rings. The summed E-state index contributed by atoms with van der Waals surface area (Å²) in [6.45, 7) is 1.21. The molecule has 6 nitrogen and oxygen atoms in total. The Bertz CT molecular complexity index is 503. The van der Waals surface area contributed by atoms with Gasteiger partial charge in [0.25, 0.3) is 0 Å². The molecule has 16 heavy (non-hydrogen) atoms. The number of carbonyl (C=O) groups is 1. The van der Waals surface area contributed by atoms with Gasteiger partial charge in [0.1, 0.15) is 16.1 Å². The third kappa shape index (κ3) is 2.91. The Kier molecular flexibility index (Phi) is 3.84. The van der Waals surface area contributed by atoms with Crippen molar-refractivity contribution in [2.75, 3.05) is 0 Å². The number of nitrogens with zero attached hydrogens (tertiary/aromatic N) is 1. The molecular formula is C8H9ClN2O4S. The number of rotatable bonds is 4. The molecule has 0 unspecified atom stereocenters. The number of aromatic nitrogens is 1. The predicted molar refractivity (Wildman–Crippen MR) is 56.7 cm³/mol. The molecule has 0 spiro atoms. The van der Waals surface area contributed by atoms with E-state index >= 15 is 0 Å². The summed E-state index contributed by atoms with van der Waals surface area (Å²) in [5.74, 6) is -1.27. The van der Waals surface area contributed by atoms with Gasteiger partial charge >= 0.3 is 5.97 Å². The van der Waals surface area contributed by atoms with E-state index in [1.807, 2.05) is 4.72 Å². The smallest absolute Gasteiger partial charge is 0.321 e. The zero-order valence-corrected chi connectivity index (χ0v) is 9.79. The van der Waals surface area contributed by atoms with Crippen LogP contribution in [0.25, 0.3) is 0 Å². The Morgan fingerprint density at radius 3 is 2.75 bits per heavy atom. The van der Waals surface area contributed by atoms with E-state index in [1.54, 1.807) is 0 Å². The summed E-state index contributed by atoms with van der Waals surface area (Å²) in [7, 11) is -3.96. The molecule has 1 rings (SSSR count). The molecule has 8 heteroatoms. The van der Waals surface area contributed by atoms with Crippen LogP contribution in [-0.4, -0.2) is 30.5 Å². The van der Waals surface area contributed by atoms with Crippen LogP contribution in [0.3, 0.4) is 0 Å². The van der Waals surface area contributed by atoms with Crippen LogP contribution in [0.4, 0.5) is 0 Å². The fourth-order valence-corrected chi connectivity index (χ4v) is 2.57. The van der Waals surface area contributed by atoms with Crippen molar-refractivity contribution in [3.63, 3.8) is 0 Å². The van der Waals surface area contributed by atoms with Gasteiger partial charge in [-0.25, -0.2) is 13.4 Å². The maximum Gasteiger partial charge on any atom is 0.321 e. The number of pyridine rings is 1. The monoisotopic (exact) mass is 264 g/mol. The van der Waals surface area contributed by atoms with Gasteiger partial charge in [0, 0.05) is 6.20 Å². The highest BCUT2D eigenvalue weighted by molar-refractivity contribution is 7.89. The molecule has 0 aliphatic heterocycles. The van der Waals surface area contributed by atoms with Gasteiger partial charge in [-0.05, 0) is 19.1 Å². The molecular weight excluding hydrogens is 256 g/mol. The first-order valence-electron chi connectivity index (χ1n) is 4.20. The van der Waals surface area contributed by atoms with E-state index in [2.05, 4.69) is 4.98 Å². The zero-order chi connectivity index (χ0) is 12.3. The number of sulfonamides is 1. The summed E-state index contributed by atoms with van der Waals surface area (Å²) in [5, 5.41) is 8.38. The predicted octanol–water partition coefficient (Wildman–Crippen LogP) is 0.486. The van der Waals surface area contributed by atoms with Crippen LogP contribution in [-0.2, 0) is 14.8 Å². The molecule has 0 fully saturated rings. The van der Waals surface area contributed by atoms with Crippen molar-refractivity contribution < 1.29 is 18.3 Å². The van der Waals surface area contributed by atoms with Crippen LogP contribution in [0.1, 0.15) is 6.92 Å². The summed E-state index contributed by atoms with van der Waals surface area (Å²) < 4.78 is 25.3. The van der Waals surface area contributed by atoms with Crippen LogP contribution < -0.4 is 4.72 Å². The van der Waals surface area contributed by atoms with Crippen molar-refractivity contribution in [3.05, 3.63) is 23.5 Å². The summed E-state index contributed by atoms with van der Waals surface area (Å²) >= 11 is 5.59. The third-order valence-electron chi connectivity index (χ3n) is 1.72. The number of carboxylic acids is 1. The number of hydrogen-bond donors (Lipinski definition) is 2. The number of nitrogens with one attached hydrogen (secondary N) is 1. The van der Waals surface area contributed by atoms with Gasteiger partial charge in [-0.15, -0.1) is 0 Å². The van der Waals surface area contributed by atoms with Crippen molar-refractivity contribution in [3.8, 4) is 0 Å². The standard InChI is InChI=1S/C8H9ClN2O4S/c1-5(8(12)13)11-16(14,15)6-3-2-4-10-7(6)9/h2-5,11H,1H3,(H,12,13)/t5-/m0/s1. The SMILES string of the molecule is C[C@H](NS(=O)(=O)c1cccnc1Cl)C(=O)O. The Morgan fingerprint density at radius 1 is 1.62 bits per heavy atom. The molecule has 0 amide bonds. The molecule has 0 saturated heterocycles. The van der Waals surface area contributed by atoms with Crippen molar-refractivity contribution in [2.24, 2.45) is 0 Å². The van der Waals surface area contributed by atoms with Crippen LogP contribution in [0.15, 0.2) is 23.2 Å². The lowest BCUT2D eigenvalue weighted by atomic mass is 10.4. The van der Waals surface area contributed by atoms with Crippen LogP contribution in [0.5, 0.6) is 0 Å². The van der Waals surface area contributed by atoms with Gasteiger partial charge in [-0.2, -0.15) is 4.72 Å². The van der Waals surface area contributed by atoms with Gasteiger partial charge in [-0.1, -0.05) is 11.6 Å². The molecule has 88 valence electrons. The normalized spacial score (nSPS) is 13.4. The summed E-state index contributed by atoms with van der Waals surface area (Å²) in [6, 6.07) is 1.40. The van der Waals surface area contributed by atoms with Crippen LogP contribution >= 0.6 is 11.6 Å². The average Bonchev–Trinajstić information content (AvgIpc) is 2.17. The molecule has 1 heterocycles. The second-order valence-corrected chi connectivity index (χ2v) is 5.01. The Balaban J connectivity index is 3.04. The minimum Gasteiger partial charge on any atom is -0.480 e. The van der Waals surface area contributed by atoms with Crippen molar-refractivity contribution in [2.45, 2.75) is 17.9 Å². The van der Waals surface area contributed by atoms with E-state index < -0.39 is 22.0 Å². The fourth-order valence-electron chi connectivity index (χ4n) is 0.918. The highest BCUT2D eigenvalue weighted by Crippen LogP contribution is 2.17. The molecule has 0 saturated carbocycles. The molecule has 2 N–H and O–H groups in total. The maximum atomic E-state index is 11.7. The van der Waals surface area contributed by atoms with E-state index in [4.69, 9.17) is 16.7 Å². The Labute approximate surface area is 97.3 Å². The van der Waals surface area contributed by atoms with Crippen LogP contribution in [0.2, 0.25) is 5.15 Å². The molecule has 1 atom stereocenters. The van der Waals surface area contributed by atoms with Crippen molar-refractivity contribution >= 4 is 27.6 Å². The summed E-state index contributed by atoms with van der Waals surface area (Å²) in [5.41, 5.74) is 0. The van der Waals surface area contributed by atoms with E-state index in [0.717, 1.165) is 0 Å². The minimum absolute atomic E-state index is 0.201. The number of hydrogen-bond acceptors (Lipinski definition) is 4. The molecule has 0 bridgehead atoms. The molecule has 0 aliphatic carbocycles. The first-order chi connectivity index (χ1) is 7.34. The number of halogens is 1. The Morgan fingerprint density at radius 2 is 2.25 bits per heavy atom. The van der Waals surface area contributed by atoms with Gasteiger partial charge in [-0.3, -0.25) is 4.79 Å². The van der Waals surface area contributed by atoms with Crippen molar-refractivity contribution in [1.82, 2.24) is 9.71 Å². The van der Waals surface area contributed by atoms with Crippen LogP contribution in [0, 0.1) is 0 Å². The summed E-state index contributed by atoms with van der Waals surface area (Å²) in [6.07, 6.45) is 1.34. The van der Waals surface area contributed by atoms with Gasteiger partial charge in [0.15, 0.2) is 0 Å². The minimum atomic E-state index is -3.96. The highest BCUT2D eigenvalue weighted by Gasteiger charge is 2.23. The Hall–Kier alpha value is -1.18. The number of aliphatic carboxylic acids is 1. The lowest BCUT2D eigenvalue weighted by Crippen LogP contribution is -2.38. The second kappa shape index (κ2) is 4.77. The highest BCUT2D eigenvalue weighted by atomic mass is 35.5. The molecule has 1 aromatic heterocycles. The van der Waals surface area contributed by atoms with E-state index in [-0.39, 0.29) is 10.0 Å². The van der Waals surface area contributed by atoms with Gasteiger partial charge in [0.2, 0.25) is 10.0 Å². The molecule has 1 aromatic rings. The largest absolute Gasteiger partial charge is 0.480 e. The van der Waals surface area contributed by atoms with Gasteiger partial charge < -0.3 is 5.11 Å². The molecule has 0 radical (unpaired) electrons. The van der Waals surface area contributed by atoms with E-state index in [1.165, 1.54) is 25.3 Å². The van der Waals surface area contributed by atoms with E-state index in [0.29, 0.717) is 0 Å². The fraction of sp³-hybridized carbons (Fsp3) is 0.250. The maximum absolute atomic E-state index is 11.7. The molecule has 0 aromatic carbocycles. The second-order valence-electron chi connectivity index (χ2n) is 2.97. The van der Waals surface area contributed by atoms with Gasteiger partial charge in [0.05, 0.1) is 0 Å². The zero-order valence-electron chi connectivity index (χ0n) is 8.21. The lowest BCUT2D eigenvalue weighted by molar-refractivity contribution is -0.138. The number of carboxylic acid groups (broad SMARTS) is 1. The average molecular weight is 265 g/mol. The van der Waals surface area contributed by atoms with E-state index in [9.17, 15) is 13.2 Å². The quantitative estimate of drug-likeness (QED) is 0.772. The van der Waals surface area contributed by atoms with Crippen molar-refractivity contribution in [1.29, 1.82) is 0 Å². The third-order valence-corrected chi connectivity index (χ3v) is 3.70. The summed E-state index contributed by atoms with van der Waals surface area (Å²) in [4.78, 5) is 13.9.